The van der Waals surface area contributed by atoms with Crippen molar-refractivity contribution in [3.63, 3.8) is 0 Å². The molecule has 2 heterocycles. The zero-order valence-electron chi connectivity index (χ0n) is 11.7. The quantitative estimate of drug-likeness (QED) is 0.822. The van der Waals surface area contributed by atoms with E-state index in [0.717, 1.165) is 12.0 Å². The van der Waals surface area contributed by atoms with E-state index in [9.17, 15) is 0 Å². The van der Waals surface area contributed by atoms with Crippen molar-refractivity contribution in [2.45, 2.75) is 44.6 Å². The van der Waals surface area contributed by atoms with Gasteiger partial charge in [-0.3, -0.25) is 4.90 Å². The van der Waals surface area contributed by atoms with Crippen molar-refractivity contribution in [3.8, 4) is 0 Å². The van der Waals surface area contributed by atoms with E-state index >= 15 is 0 Å². The van der Waals surface area contributed by atoms with Crippen molar-refractivity contribution >= 4 is 10.9 Å². The first-order valence-electron chi connectivity index (χ1n) is 7.72. The molecule has 1 saturated heterocycles. The van der Waals surface area contributed by atoms with Crippen molar-refractivity contribution in [2.24, 2.45) is 0 Å². The van der Waals surface area contributed by atoms with E-state index in [1.54, 1.807) is 11.3 Å². The average molecular weight is 254 g/mol. The van der Waals surface area contributed by atoms with Gasteiger partial charge in [0.15, 0.2) is 0 Å². The monoisotopic (exact) mass is 254 g/mol. The average Bonchev–Trinajstić information content (AvgIpc) is 2.85. The lowest BCUT2D eigenvalue weighted by atomic mass is 9.77. The maximum absolute atomic E-state index is 3.73. The highest BCUT2D eigenvalue weighted by Gasteiger charge is 2.37. The third-order valence-electron chi connectivity index (χ3n) is 5.21. The van der Waals surface area contributed by atoms with Crippen LogP contribution in [0.25, 0.3) is 10.9 Å². The number of para-hydroxylation sites is 1. The lowest BCUT2D eigenvalue weighted by Gasteiger charge is -2.43. The number of likely N-dealkylation sites (N-methyl/N-ethyl adjacent to an activating group) is 1. The fourth-order valence-corrected chi connectivity index (χ4v) is 4.34. The van der Waals surface area contributed by atoms with Crippen LogP contribution in [0.1, 0.15) is 43.4 Å². The number of nitrogens with zero attached hydrogens (tertiary/aromatic N) is 1. The summed E-state index contributed by atoms with van der Waals surface area (Å²) >= 11 is 0. The molecule has 2 atom stereocenters. The molecule has 1 aromatic carbocycles. The first kappa shape index (κ1) is 11.5. The maximum Gasteiger partial charge on any atom is 0.0459 e. The van der Waals surface area contributed by atoms with Gasteiger partial charge in [-0.1, -0.05) is 25.1 Å². The predicted molar refractivity (Wildman–Crippen MR) is 79.6 cm³/mol. The van der Waals surface area contributed by atoms with Crippen molar-refractivity contribution < 1.29 is 0 Å². The zero-order valence-corrected chi connectivity index (χ0v) is 11.7. The largest absolute Gasteiger partial charge is 0.358 e. The topological polar surface area (TPSA) is 19.0 Å². The van der Waals surface area contributed by atoms with Crippen LogP contribution in [-0.4, -0.2) is 29.0 Å². The zero-order chi connectivity index (χ0) is 12.8. The van der Waals surface area contributed by atoms with Crippen LogP contribution >= 0.6 is 0 Å². The van der Waals surface area contributed by atoms with Gasteiger partial charge in [-0.25, -0.2) is 0 Å². The van der Waals surface area contributed by atoms with E-state index in [4.69, 9.17) is 0 Å². The molecule has 19 heavy (non-hydrogen) atoms. The summed E-state index contributed by atoms with van der Waals surface area (Å²) in [4.78, 5) is 6.43. The molecule has 2 unspecified atom stereocenters. The second kappa shape index (κ2) is 4.38. The Morgan fingerprint density at radius 3 is 3.05 bits per heavy atom. The second-order valence-corrected chi connectivity index (χ2v) is 6.05. The molecule has 1 N–H and O–H groups in total. The van der Waals surface area contributed by atoms with Crippen molar-refractivity contribution in [3.05, 3.63) is 35.5 Å². The first-order valence-corrected chi connectivity index (χ1v) is 7.72. The fourth-order valence-electron chi connectivity index (χ4n) is 4.34. The minimum atomic E-state index is 0.741. The number of likely N-dealkylation sites (tertiary alicyclic amines) is 1. The number of benzene rings is 1. The number of hydrogen-bond donors (Lipinski definition) is 1. The Bertz CT molecular complexity index is 598. The number of aromatic nitrogens is 1. The number of hydrogen-bond acceptors (Lipinski definition) is 1. The molecule has 4 rings (SSSR count). The summed E-state index contributed by atoms with van der Waals surface area (Å²) in [6.07, 6.45) is 5.30. The minimum absolute atomic E-state index is 0.741. The summed E-state index contributed by atoms with van der Waals surface area (Å²) in [7, 11) is 0. The molecule has 1 fully saturated rings. The lowest BCUT2D eigenvalue weighted by molar-refractivity contribution is 0.118. The molecule has 100 valence electrons. The molecule has 2 aromatic rings. The Balaban J connectivity index is 1.82. The molecule has 2 aliphatic rings. The standard InChI is InChI=1S/C17H22N2/c1-2-19-11-5-7-14-16(19)10-9-13-12-6-3-4-8-15(12)18-17(13)14/h3-4,6,8,14,16,18H,2,5,7,9-11H2,1H3. The van der Waals surface area contributed by atoms with Crippen molar-refractivity contribution in [1.82, 2.24) is 9.88 Å². The molecule has 0 spiro atoms. The second-order valence-electron chi connectivity index (χ2n) is 6.05. The Hall–Kier alpha value is -1.28. The van der Waals surface area contributed by atoms with Crippen LogP contribution < -0.4 is 0 Å². The van der Waals surface area contributed by atoms with Crippen LogP contribution in [-0.2, 0) is 6.42 Å². The molecular weight excluding hydrogens is 232 g/mol. The van der Waals surface area contributed by atoms with Crippen LogP contribution in [0.15, 0.2) is 24.3 Å². The van der Waals surface area contributed by atoms with Crippen LogP contribution in [0, 0.1) is 0 Å². The highest BCUT2D eigenvalue weighted by atomic mass is 15.2. The SMILES string of the molecule is CCN1CCCC2c3[nH]c4ccccc4c3CCC21. The summed E-state index contributed by atoms with van der Waals surface area (Å²) in [5.41, 5.74) is 4.49. The van der Waals surface area contributed by atoms with Crippen LogP contribution in [0.3, 0.4) is 0 Å². The van der Waals surface area contributed by atoms with Crippen LogP contribution in [0.2, 0.25) is 0 Å². The van der Waals surface area contributed by atoms with Gasteiger partial charge in [0.05, 0.1) is 0 Å². The molecule has 0 amide bonds. The van der Waals surface area contributed by atoms with E-state index in [0.29, 0.717) is 0 Å². The normalized spacial score (nSPS) is 27.2. The van der Waals surface area contributed by atoms with Crippen LogP contribution in [0.5, 0.6) is 0 Å². The summed E-state index contributed by atoms with van der Waals surface area (Å²) in [5.74, 6) is 0.741. The molecule has 1 aromatic heterocycles. The molecule has 0 radical (unpaired) electrons. The molecule has 1 aliphatic heterocycles. The summed E-state index contributed by atoms with van der Waals surface area (Å²) in [6.45, 7) is 4.81. The van der Waals surface area contributed by atoms with Gasteiger partial charge in [0.1, 0.15) is 0 Å². The molecule has 2 nitrogen and oxygen atoms in total. The van der Waals surface area contributed by atoms with Gasteiger partial charge in [-0.2, -0.15) is 0 Å². The third kappa shape index (κ3) is 1.66. The van der Waals surface area contributed by atoms with E-state index in [1.807, 2.05) is 0 Å². The first-order chi connectivity index (χ1) is 9.38. The highest BCUT2D eigenvalue weighted by Crippen LogP contribution is 2.42. The van der Waals surface area contributed by atoms with Gasteiger partial charge in [0.25, 0.3) is 0 Å². The van der Waals surface area contributed by atoms with E-state index < -0.39 is 0 Å². The maximum atomic E-state index is 3.73. The number of H-pyrrole nitrogens is 1. The number of rotatable bonds is 1. The number of nitrogens with one attached hydrogen (secondary N) is 1. The Morgan fingerprint density at radius 1 is 1.26 bits per heavy atom. The van der Waals surface area contributed by atoms with Gasteiger partial charge in [-0.15, -0.1) is 0 Å². The van der Waals surface area contributed by atoms with Crippen molar-refractivity contribution in [1.29, 1.82) is 0 Å². The third-order valence-corrected chi connectivity index (χ3v) is 5.21. The smallest absolute Gasteiger partial charge is 0.0459 e. The molecular formula is C17H22N2. The van der Waals surface area contributed by atoms with E-state index in [1.165, 1.54) is 49.7 Å². The number of aromatic amines is 1. The molecule has 2 heteroatoms. The lowest BCUT2D eigenvalue weighted by Crippen LogP contribution is -2.46. The van der Waals surface area contributed by atoms with Gasteiger partial charge < -0.3 is 4.98 Å². The number of aryl methyl sites for hydroxylation is 1. The molecule has 0 bridgehead atoms. The van der Waals surface area contributed by atoms with E-state index in [-0.39, 0.29) is 0 Å². The summed E-state index contributed by atoms with van der Waals surface area (Å²) in [5, 5.41) is 1.46. The van der Waals surface area contributed by atoms with Gasteiger partial charge >= 0.3 is 0 Å². The van der Waals surface area contributed by atoms with Gasteiger partial charge in [-0.05, 0) is 50.4 Å². The van der Waals surface area contributed by atoms with Crippen LogP contribution in [0.4, 0.5) is 0 Å². The van der Waals surface area contributed by atoms with E-state index in [2.05, 4.69) is 41.1 Å². The Kier molecular flexibility index (Phi) is 2.66. The Labute approximate surface area is 114 Å². The Morgan fingerprint density at radius 2 is 2.16 bits per heavy atom. The van der Waals surface area contributed by atoms with Gasteiger partial charge in [0.2, 0.25) is 0 Å². The number of fused-ring (bicyclic) bond motifs is 5. The molecule has 0 saturated carbocycles. The summed E-state index contributed by atoms with van der Waals surface area (Å²) in [6, 6.07) is 9.59. The summed E-state index contributed by atoms with van der Waals surface area (Å²) < 4.78 is 0. The van der Waals surface area contributed by atoms with Gasteiger partial charge in [0, 0.05) is 28.6 Å². The molecule has 1 aliphatic carbocycles. The fraction of sp³-hybridized carbons (Fsp3) is 0.529. The minimum Gasteiger partial charge on any atom is -0.358 e. The predicted octanol–water partition coefficient (Wildman–Crippen LogP) is 3.68. The highest BCUT2D eigenvalue weighted by molar-refractivity contribution is 5.85. The van der Waals surface area contributed by atoms with Crippen molar-refractivity contribution in [2.75, 3.05) is 13.1 Å². The number of piperidine rings is 1.